The second-order valence-corrected chi connectivity index (χ2v) is 4.83. The Morgan fingerprint density at radius 2 is 1.17 bits per heavy atom. The van der Waals surface area contributed by atoms with Crippen molar-refractivity contribution < 1.29 is 21.0 Å². The van der Waals surface area contributed by atoms with Gasteiger partial charge < -0.3 is 32.9 Å². The molecule has 3 nitrogen and oxygen atoms in total. The Bertz CT molecular complexity index is 196. The topological polar surface area (TPSA) is 45.3 Å². The van der Waals surface area contributed by atoms with Crippen LogP contribution in [0.25, 0.3) is 10.6 Å². The Balaban J connectivity index is 0. The van der Waals surface area contributed by atoms with Gasteiger partial charge in [-0.05, 0) is 0 Å². The normalized spacial score (nSPS) is 36.2. The van der Waals surface area contributed by atoms with Crippen LogP contribution in [0.4, 0.5) is 0 Å². The Hall–Kier alpha value is 0.304. The van der Waals surface area contributed by atoms with Crippen molar-refractivity contribution in [3.63, 3.8) is 0 Å². The SMILES string of the molecule is C1C[N-]C2C(C1)CC1CCC[N-]C12.[CH3-].[CH3-].[CH3-].[O]=[V]. The van der Waals surface area contributed by atoms with Gasteiger partial charge in [-0.3, -0.25) is 0 Å². The first-order valence-corrected chi connectivity index (χ1v) is 6.53. The van der Waals surface area contributed by atoms with Crippen LogP contribution < -0.4 is 0 Å². The van der Waals surface area contributed by atoms with Gasteiger partial charge in [-0.2, -0.15) is 0 Å². The van der Waals surface area contributed by atoms with E-state index < -0.39 is 0 Å². The van der Waals surface area contributed by atoms with Crippen LogP contribution in [0.15, 0.2) is 0 Å². The molecule has 0 aromatic rings. The molecule has 0 radical (unpaired) electrons. The van der Waals surface area contributed by atoms with E-state index in [0.717, 1.165) is 42.3 Å². The second kappa shape index (κ2) is 10.1. The summed E-state index contributed by atoms with van der Waals surface area (Å²) < 4.78 is 8.19. The molecule has 0 N–H and O–H groups in total. The fourth-order valence-corrected chi connectivity index (χ4v) is 3.50. The molecule has 3 rings (SSSR count). The molecule has 1 saturated carbocycles. The van der Waals surface area contributed by atoms with E-state index in [-0.39, 0.29) is 22.3 Å². The van der Waals surface area contributed by atoms with Crippen LogP contribution >= 0.6 is 0 Å². The number of nitrogens with zero attached hydrogens (tertiary/aromatic N) is 2. The molecule has 0 aromatic carbocycles. The standard InChI is InChI=1S/C11H18N2.3CH3.O.V/c1-3-8-7-9-4-2-6-13-11(9)10(8)12-5-1;;;;;/h8-11H,1-7H2;3*1H3;;/q-2;3*-1;;. The van der Waals surface area contributed by atoms with E-state index in [1.807, 2.05) is 0 Å². The summed E-state index contributed by atoms with van der Waals surface area (Å²) in [4.78, 5) is 0. The van der Waals surface area contributed by atoms with Crippen molar-refractivity contribution in [2.45, 2.75) is 44.2 Å². The summed E-state index contributed by atoms with van der Waals surface area (Å²) in [6, 6.07) is 1.28. The van der Waals surface area contributed by atoms with Crippen LogP contribution in [0.3, 0.4) is 0 Å². The minimum atomic E-state index is 0. The first-order chi connectivity index (χ1) is 7.45. The molecule has 2 saturated heterocycles. The average Bonchev–Trinajstić information content (AvgIpc) is 2.70. The van der Waals surface area contributed by atoms with Crippen molar-refractivity contribution in [2.75, 3.05) is 13.1 Å². The van der Waals surface area contributed by atoms with Crippen molar-refractivity contribution in [1.82, 2.24) is 0 Å². The van der Waals surface area contributed by atoms with Crippen LogP contribution in [0.1, 0.15) is 32.1 Å². The molecule has 2 aliphatic heterocycles. The summed E-state index contributed by atoms with van der Waals surface area (Å²) >= 11 is 1.06. The number of hydrogen-bond donors (Lipinski definition) is 0. The van der Waals surface area contributed by atoms with Crippen molar-refractivity contribution in [3.05, 3.63) is 32.9 Å². The first-order valence-electron chi connectivity index (χ1n) is 5.96. The van der Waals surface area contributed by atoms with E-state index in [1.54, 1.807) is 0 Å². The maximum absolute atomic E-state index is 8.19. The molecule has 0 amide bonds. The number of rotatable bonds is 0. The van der Waals surface area contributed by atoms with Crippen LogP contribution in [0, 0.1) is 34.1 Å². The third kappa shape index (κ3) is 4.16. The monoisotopic (exact) mass is 290 g/mol. The van der Waals surface area contributed by atoms with Gasteiger partial charge in [-0.25, -0.2) is 0 Å². The van der Waals surface area contributed by atoms with Crippen LogP contribution in [-0.4, -0.2) is 25.2 Å². The molecule has 2 heterocycles. The van der Waals surface area contributed by atoms with Gasteiger partial charge in [0.1, 0.15) is 0 Å². The Morgan fingerprint density at radius 3 is 1.56 bits per heavy atom. The fourth-order valence-electron chi connectivity index (χ4n) is 3.50. The van der Waals surface area contributed by atoms with E-state index in [1.165, 1.54) is 32.1 Å². The molecule has 4 heteroatoms. The molecule has 4 atom stereocenters. The van der Waals surface area contributed by atoms with E-state index in [9.17, 15) is 0 Å². The van der Waals surface area contributed by atoms with E-state index in [2.05, 4.69) is 0 Å². The van der Waals surface area contributed by atoms with Crippen LogP contribution in [0.2, 0.25) is 0 Å². The molecular weight excluding hydrogens is 263 g/mol. The Kier molecular flexibility index (Phi) is 11.6. The molecule has 1 aliphatic carbocycles. The van der Waals surface area contributed by atoms with Gasteiger partial charge in [-0.1, -0.05) is 43.9 Å². The maximum atomic E-state index is 8.19. The van der Waals surface area contributed by atoms with Crippen LogP contribution in [0.5, 0.6) is 0 Å². The molecule has 18 heavy (non-hydrogen) atoms. The number of hydrogen-bond acceptors (Lipinski definition) is 1. The van der Waals surface area contributed by atoms with Crippen molar-refractivity contribution in [3.8, 4) is 0 Å². The summed E-state index contributed by atoms with van der Waals surface area (Å²) in [5.74, 6) is 1.82. The third-order valence-corrected chi connectivity index (χ3v) is 4.07. The summed E-state index contributed by atoms with van der Waals surface area (Å²) in [5.41, 5.74) is 0. The summed E-state index contributed by atoms with van der Waals surface area (Å²) in [7, 11) is 0. The van der Waals surface area contributed by atoms with Crippen molar-refractivity contribution in [2.24, 2.45) is 11.8 Å². The van der Waals surface area contributed by atoms with E-state index >= 15 is 0 Å². The molecule has 4 unspecified atom stereocenters. The molecule has 0 bridgehead atoms. The third-order valence-electron chi connectivity index (χ3n) is 4.07. The van der Waals surface area contributed by atoms with Crippen LogP contribution in [-0.2, 0) is 21.0 Å². The van der Waals surface area contributed by atoms with Gasteiger partial charge in [0.2, 0.25) is 0 Å². The van der Waals surface area contributed by atoms with Gasteiger partial charge in [0.05, 0.1) is 0 Å². The zero-order valence-corrected chi connectivity index (χ0v) is 13.4. The second-order valence-electron chi connectivity index (χ2n) is 4.83. The Labute approximate surface area is 123 Å². The first kappa shape index (κ1) is 20.6. The summed E-state index contributed by atoms with van der Waals surface area (Å²) in [6.45, 7) is 2.22. The van der Waals surface area contributed by atoms with Gasteiger partial charge in [0.15, 0.2) is 0 Å². The van der Waals surface area contributed by atoms with Gasteiger partial charge in [-0.15, -0.1) is 25.2 Å². The molecule has 109 valence electrons. The van der Waals surface area contributed by atoms with Gasteiger partial charge >= 0.3 is 21.0 Å². The summed E-state index contributed by atoms with van der Waals surface area (Å²) in [5, 5.41) is 9.56. The molecule has 3 fully saturated rings. The quantitative estimate of drug-likeness (QED) is 0.623. The zero-order valence-electron chi connectivity index (χ0n) is 12.0. The number of piperidine rings is 2. The van der Waals surface area contributed by atoms with E-state index in [0.29, 0.717) is 12.1 Å². The summed E-state index contributed by atoms with van der Waals surface area (Å²) in [6.07, 6.45) is 6.96. The predicted molar refractivity (Wildman–Crippen MR) is 74.0 cm³/mol. The van der Waals surface area contributed by atoms with Gasteiger partial charge in [0.25, 0.3) is 0 Å². The molecule has 0 aromatic heterocycles. The van der Waals surface area contributed by atoms with E-state index in [4.69, 9.17) is 14.3 Å². The van der Waals surface area contributed by atoms with Crippen molar-refractivity contribution in [1.29, 1.82) is 0 Å². The van der Waals surface area contributed by atoms with Gasteiger partial charge in [0, 0.05) is 0 Å². The fraction of sp³-hybridized carbons (Fsp3) is 0.786. The predicted octanol–water partition coefficient (Wildman–Crippen LogP) is 3.92. The average molecular weight is 290 g/mol. The Morgan fingerprint density at radius 1 is 0.778 bits per heavy atom. The molecule has 3 aliphatic rings. The van der Waals surface area contributed by atoms with Crippen molar-refractivity contribution >= 4 is 0 Å². The minimum absolute atomic E-state index is 0. The molecule has 0 spiro atoms. The number of fused-ring (bicyclic) bond motifs is 3. The molecular formula is C14H27N2OV-5. The zero-order chi connectivity index (χ0) is 10.7.